The number of nitrogens with zero attached hydrogens (tertiary/aromatic N) is 1. The molecule has 0 fully saturated rings. The summed E-state index contributed by atoms with van der Waals surface area (Å²) in [5.41, 5.74) is 0. The van der Waals surface area contributed by atoms with Crippen LogP contribution in [-0.4, -0.2) is 74.9 Å². The van der Waals surface area contributed by atoms with Gasteiger partial charge in [0, 0.05) is 12.8 Å². The summed E-state index contributed by atoms with van der Waals surface area (Å²) in [5.74, 6) is -0.839. The first-order chi connectivity index (χ1) is 28.0. The van der Waals surface area contributed by atoms with Gasteiger partial charge in [0.05, 0.1) is 27.7 Å². The fourth-order valence-corrected chi connectivity index (χ4v) is 6.78. The van der Waals surface area contributed by atoms with Gasteiger partial charge in [0.15, 0.2) is 6.10 Å². The van der Waals surface area contributed by atoms with Crippen molar-refractivity contribution in [3.05, 3.63) is 61.3 Å². The number of quaternary nitrogens is 1. The molecule has 0 aliphatic heterocycles. The minimum Gasteiger partial charge on any atom is -0.462 e. The van der Waals surface area contributed by atoms with Crippen molar-refractivity contribution < 1.29 is 42.1 Å². The molecule has 1 N–H and O–H groups in total. The van der Waals surface area contributed by atoms with Crippen LogP contribution in [-0.2, 0) is 32.7 Å². The molecular formula is C48H87NO8P+. The topological polar surface area (TPSA) is 108 Å². The first-order valence-electron chi connectivity index (χ1n) is 23.0. The van der Waals surface area contributed by atoms with Crippen LogP contribution in [0.4, 0.5) is 0 Å². The monoisotopic (exact) mass is 837 g/mol. The van der Waals surface area contributed by atoms with Crippen molar-refractivity contribution in [3.8, 4) is 0 Å². The third kappa shape index (κ3) is 43.3. The SMILES string of the molecule is C=CCCCCCCCCCCCCCCCC(=O)OC[C@H](COP(=O)(O)OCC[N+](C)(C)C)OC(=O)CCCCC/C=C/C/C=C/C/C=C/C/C=C/CCCCC. The Bertz CT molecular complexity index is 1160. The van der Waals surface area contributed by atoms with E-state index in [1.54, 1.807) is 0 Å². The third-order valence-corrected chi connectivity index (χ3v) is 10.7. The zero-order chi connectivity index (χ0) is 42.8. The van der Waals surface area contributed by atoms with Crippen LogP contribution in [0.5, 0.6) is 0 Å². The van der Waals surface area contributed by atoms with Crippen LogP contribution in [0.3, 0.4) is 0 Å². The molecule has 0 spiro atoms. The maximum Gasteiger partial charge on any atom is 0.472 e. The van der Waals surface area contributed by atoms with E-state index in [9.17, 15) is 19.0 Å². The largest absolute Gasteiger partial charge is 0.472 e. The molecule has 0 rings (SSSR count). The Morgan fingerprint density at radius 1 is 0.586 bits per heavy atom. The average Bonchev–Trinajstić information content (AvgIpc) is 3.17. The van der Waals surface area contributed by atoms with Gasteiger partial charge < -0.3 is 18.9 Å². The lowest BCUT2D eigenvalue weighted by molar-refractivity contribution is -0.870. The summed E-state index contributed by atoms with van der Waals surface area (Å²) in [7, 11) is 1.45. The Labute approximate surface area is 356 Å². The van der Waals surface area contributed by atoms with Gasteiger partial charge in [0.25, 0.3) is 0 Å². The number of phosphoric acid groups is 1. The van der Waals surface area contributed by atoms with Gasteiger partial charge in [-0.3, -0.25) is 18.6 Å². The van der Waals surface area contributed by atoms with Crippen molar-refractivity contribution in [1.82, 2.24) is 0 Å². The molecule has 0 aliphatic rings. The van der Waals surface area contributed by atoms with E-state index in [2.05, 4.69) is 62.1 Å². The highest BCUT2D eigenvalue weighted by Gasteiger charge is 2.27. The molecule has 0 bridgehead atoms. The van der Waals surface area contributed by atoms with Gasteiger partial charge in [-0.05, 0) is 70.6 Å². The number of likely N-dealkylation sites (N-methyl/N-ethyl adjacent to an activating group) is 1. The van der Waals surface area contributed by atoms with E-state index in [0.29, 0.717) is 17.4 Å². The highest BCUT2D eigenvalue weighted by molar-refractivity contribution is 7.47. The number of ether oxygens (including phenoxy) is 2. The molecule has 0 radical (unpaired) electrons. The van der Waals surface area contributed by atoms with Crippen LogP contribution < -0.4 is 0 Å². The number of carbonyl (C=O) groups excluding carboxylic acids is 2. The van der Waals surface area contributed by atoms with Gasteiger partial charge in [-0.2, -0.15) is 0 Å². The van der Waals surface area contributed by atoms with Crippen LogP contribution in [0.25, 0.3) is 0 Å². The fraction of sp³-hybridized carbons (Fsp3) is 0.750. The molecule has 0 aromatic rings. The predicted molar refractivity (Wildman–Crippen MR) is 243 cm³/mol. The summed E-state index contributed by atoms with van der Waals surface area (Å²) in [5, 5.41) is 0. The van der Waals surface area contributed by atoms with E-state index in [4.69, 9.17) is 18.5 Å². The van der Waals surface area contributed by atoms with E-state index < -0.39 is 26.5 Å². The lowest BCUT2D eigenvalue weighted by Gasteiger charge is -2.24. The number of allylic oxidation sites excluding steroid dienone is 9. The summed E-state index contributed by atoms with van der Waals surface area (Å²) in [6.07, 6.45) is 47.3. The number of hydrogen-bond acceptors (Lipinski definition) is 7. The number of phosphoric ester groups is 1. The molecule has 58 heavy (non-hydrogen) atoms. The second-order valence-corrected chi connectivity index (χ2v) is 18.0. The van der Waals surface area contributed by atoms with E-state index >= 15 is 0 Å². The molecule has 336 valence electrons. The summed E-state index contributed by atoms with van der Waals surface area (Å²) in [6.45, 7) is 5.87. The van der Waals surface area contributed by atoms with E-state index in [1.807, 2.05) is 27.2 Å². The zero-order valence-electron chi connectivity index (χ0n) is 37.6. The van der Waals surface area contributed by atoms with Gasteiger partial charge in [0.2, 0.25) is 0 Å². The highest BCUT2D eigenvalue weighted by Crippen LogP contribution is 2.43. The maximum absolute atomic E-state index is 12.7. The minimum absolute atomic E-state index is 0.0226. The molecule has 0 aromatic carbocycles. The summed E-state index contributed by atoms with van der Waals surface area (Å²) < 4.78 is 34.3. The zero-order valence-corrected chi connectivity index (χ0v) is 38.5. The number of hydrogen-bond donors (Lipinski definition) is 1. The molecular weight excluding hydrogens is 750 g/mol. The normalized spacial score (nSPS) is 13.9. The minimum atomic E-state index is -4.39. The van der Waals surface area contributed by atoms with Crippen molar-refractivity contribution in [2.75, 3.05) is 47.5 Å². The molecule has 2 atom stereocenters. The lowest BCUT2D eigenvalue weighted by Crippen LogP contribution is -2.37. The van der Waals surface area contributed by atoms with Gasteiger partial charge in [-0.15, -0.1) is 6.58 Å². The van der Waals surface area contributed by atoms with Gasteiger partial charge in [-0.25, -0.2) is 4.57 Å². The number of esters is 2. The molecule has 0 saturated carbocycles. The Balaban J connectivity index is 4.39. The lowest BCUT2D eigenvalue weighted by atomic mass is 10.0. The predicted octanol–water partition coefficient (Wildman–Crippen LogP) is 13.2. The third-order valence-electron chi connectivity index (χ3n) is 9.67. The second kappa shape index (κ2) is 40.1. The molecule has 10 heteroatoms. The van der Waals surface area contributed by atoms with Crippen molar-refractivity contribution in [2.45, 2.75) is 186 Å². The van der Waals surface area contributed by atoms with Crippen LogP contribution in [0.15, 0.2) is 61.3 Å². The molecule has 0 amide bonds. The van der Waals surface area contributed by atoms with E-state index in [1.165, 1.54) is 89.9 Å². The number of carbonyl (C=O) groups is 2. The summed E-state index contributed by atoms with van der Waals surface area (Å²) in [4.78, 5) is 35.4. The fourth-order valence-electron chi connectivity index (χ4n) is 6.04. The molecule has 0 heterocycles. The van der Waals surface area contributed by atoms with Gasteiger partial charge in [0.1, 0.15) is 19.8 Å². The van der Waals surface area contributed by atoms with Crippen LogP contribution in [0, 0.1) is 0 Å². The first kappa shape index (κ1) is 55.7. The number of unbranched alkanes of at least 4 members (excludes halogenated alkanes) is 19. The highest BCUT2D eigenvalue weighted by atomic mass is 31.2. The van der Waals surface area contributed by atoms with Crippen molar-refractivity contribution in [1.29, 1.82) is 0 Å². The molecule has 0 aliphatic carbocycles. The van der Waals surface area contributed by atoms with E-state index in [-0.39, 0.29) is 32.0 Å². The summed E-state index contributed by atoms with van der Waals surface area (Å²) in [6, 6.07) is 0. The molecule has 1 unspecified atom stereocenters. The quantitative estimate of drug-likeness (QED) is 0.0213. The van der Waals surface area contributed by atoms with Crippen LogP contribution >= 0.6 is 7.82 Å². The van der Waals surface area contributed by atoms with Crippen LogP contribution in [0.2, 0.25) is 0 Å². The van der Waals surface area contributed by atoms with Gasteiger partial charge >= 0.3 is 19.8 Å². The van der Waals surface area contributed by atoms with Crippen molar-refractivity contribution >= 4 is 19.8 Å². The maximum atomic E-state index is 12.7. The van der Waals surface area contributed by atoms with E-state index in [0.717, 1.165) is 64.2 Å². The Morgan fingerprint density at radius 3 is 1.52 bits per heavy atom. The number of rotatable bonds is 42. The first-order valence-corrected chi connectivity index (χ1v) is 24.5. The van der Waals surface area contributed by atoms with Crippen molar-refractivity contribution in [3.63, 3.8) is 0 Å². The average molecular weight is 837 g/mol. The molecule has 0 aromatic heterocycles. The van der Waals surface area contributed by atoms with Crippen LogP contribution in [0.1, 0.15) is 180 Å². The second-order valence-electron chi connectivity index (χ2n) is 16.5. The Kier molecular flexibility index (Phi) is 38.5. The molecule has 9 nitrogen and oxygen atoms in total. The Morgan fingerprint density at radius 2 is 1.02 bits per heavy atom. The van der Waals surface area contributed by atoms with Crippen molar-refractivity contribution in [2.24, 2.45) is 0 Å². The summed E-state index contributed by atoms with van der Waals surface area (Å²) >= 11 is 0. The standard InChI is InChI=1S/C48H86NO8P/c1-6-8-10-12-14-16-18-20-22-23-24-25-27-29-31-33-35-37-39-41-48(51)57-46(45-56-58(52,53)55-43-42-49(3,4)5)44-54-47(50)40-38-36-34-32-30-28-26-21-19-17-15-13-11-9-7-2/h7,14,16,20,22,24-25,29,31,46H,2,6,8-13,15,17-19,21,23,26-28,30,32-45H2,1,3-5H3/p+1/b16-14+,22-20+,25-24+,31-29+/t46-/m1/s1. The Hall–Kier alpha value is -2.29. The smallest absolute Gasteiger partial charge is 0.462 e. The van der Waals surface area contributed by atoms with Gasteiger partial charge in [-0.1, -0.05) is 151 Å². The molecule has 0 saturated heterocycles.